The molecule has 0 heterocycles. The molecular formula is C9H17NO. The second-order valence-electron chi connectivity index (χ2n) is 3.66. The molecule has 0 aromatic heterocycles. The van der Waals surface area contributed by atoms with Gasteiger partial charge in [-0.05, 0) is 24.7 Å². The summed E-state index contributed by atoms with van der Waals surface area (Å²) < 4.78 is 0. The van der Waals surface area contributed by atoms with E-state index in [4.69, 9.17) is 5.73 Å². The lowest BCUT2D eigenvalue weighted by atomic mass is 10.1. The minimum atomic E-state index is -0.206. The van der Waals surface area contributed by atoms with Crippen LogP contribution in [0.4, 0.5) is 0 Å². The number of carbonyl (C=O) groups excluding carboxylic acids is 1. The highest BCUT2D eigenvalue weighted by atomic mass is 16.1. The zero-order chi connectivity index (χ0) is 8.43. The van der Waals surface area contributed by atoms with Crippen molar-refractivity contribution in [3.05, 3.63) is 0 Å². The molecule has 64 valence electrons. The Morgan fingerprint density at radius 3 is 2.64 bits per heavy atom. The Hall–Kier alpha value is -0.370. The maximum Gasteiger partial charge on any atom is 0.149 e. The van der Waals surface area contributed by atoms with Gasteiger partial charge in [-0.15, -0.1) is 0 Å². The van der Waals surface area contributed by atoms with Crippen molar-refractivity contribution in [1.82, 2.24) is 0 Å². The van der Waals surface area contributed by atoms with Gasteiger partial charge in [0, 0.05) is 6.42 Å². The molecule has 0 spiro atoms. The molecule has 11 heavy (non-hydrogen) atoms. The highest BCUT2D eigenvalue weighted by Gasteiger charge is 2.34. The molecule has 3 atom stereocenters. The van der Waals surface area contributed by atoms with Gasteiger partial charge in [0.15, 0.2) is 0 Å². The monoisotopic (exact) mass is 155 g/mol. The third kappa shape index (κ3) is 2.29. The second kappa shape index (κ2) is 3.35. The number of hydrogen-bond donors (Lipinski definition) is 1. The third-order valence-electron chi connectivity index (χ3n) is 2.59. The standard InChI is InChI=1S/C9H17NO/c1-3-8(10)9(11)5-7-4-6(7)2/h6-8H,3-5,10H2,1-2H3. The van der Waals surface area contributed by atoms with Crippen molar-refractivity contribution in [2.75, 3.05) is 0 Å². The molecule has 0 amide bonds. The molecule has 2 N–H and O–H groups in total. The second-order valence-corrected chi connectivity index (χ2v) is 3.66. The zero-order valence-corrected chi connectivity index (χ0v) is 7.34. The summed E-state index contributed by atoms with van der Waals surface area (Å²) in [6.45, 7) is 4.15. The van der Waals surface area contributed by atoms with Crippen LogP contribution in [0.15, 0.2) is 0 Å². The molecule has 2 nitrogen and oxygen atoms in total. The van der Waals surface area contributed by atoms with E-state index in [0.29, 0.717) is 5.92 Å². The Kier molecular flexibility index (Phi) is 2.66. The molecule has 3 unspecified atom stereocenters. The van der Waals surface area contributed by atoms with Gasteiger partial charge in [-0.2, -0.15) is 0 Å². The quantitative estimate of drug-likeness (QED) is 0.665. The third-order valence-corrected chi connectivity index (χ3v) is 2.59. The van der Waals surface area contributed by atoms with E-state index in [-0.39, 0.29) is 11.8 Å². The van der Waals surface area contributed by atoms with Crippen LogP contribution in [0.3, 0.4) is 0 Å². The van der Waals surface area contributed by atoms with Gasteiger partial charge in [0.2, 0.25) is 0 Å². The molecule has 0 radical (unpaired) electrons. The van der Waals surface area contributed by atoms with E-state index in [2.05, 4.69) is 6.92 Å². The van der Waals surface area contributed by atoms with Gasteiger partial charge < -0.3 is 5.73 Å². The largest absolute Gasteiger partial charge is 0.322 e. The summed E-state index contributed by atoms with van der Waals surface area (Å²) in [5.74, 6) is 1.67. The maximum atomic E-state index is 11.2. The smallest absolute Gasteiger partial charge is 0.149 e. The van der Waals surface area contributed by atoms with Gasteiger partial charge in [0.1, 0.15) is 5.78 Å². The molecule has 0 aromatic rings. The molecule has 0 saturated heterocycles. The lowest BCUT2D eigenvalue weighted by molar-refractivity contribution is -0.120. The first-order chi connectivity index (χ1) is 5.15. The number of ketones is 1. The Balaban J connectivity index is 2.21. The van der Waals surface area contributed by atoms with Crippen LogP contribution in [0.1, 0.15) is 33.1 Å². The Bertz CT molecular complexity index is 156. The Labute approximate surface area is 68.2 Å². The van der Waals surface area contributed by atoms with Crippen LogP contribution in [-0.2, 0) is 4.79 Å². The number of rotatable bonds is 4. The summed E-state index contributed by atoms with van der Waals surface area (Å²) in [6.07, 6.45) is 2.72. The van der Waals surface area contributed by atoms with Crippen molar-refractivity contribution < 1.29 is 4.79 Å². The fourth-order valence-electron chi connectivity index (χ4n) is 1.32. The van der Waals surface area contributed by atoms with Gasteiger partial charge in [-0.3, -0.25) is 4.79 Å². The average molecular weight is 155 g/mol. The van der Waals surface area contributed by atoms with Crippen LogP contribution in [-0.4, -0.2) is 11.8 Å². The Morgan fingerprint density at radius 1 is 1.73 bits per heavy atom. The van der Waals surface area contributed by atoms with Crippen molar-refractivity contribution >= 4 is 5.78 Å². The normalized spacial score (nSPS) is 31.5. The lowest BCUT2D eigenvalue weighted by Gasteiger charge is -2.05. The minimum Gasteiger partial charge on any atom is -0.322 e. The fraction of sp³-hybridized carbons (Fsp3) is 0.889. The fourth-order valence-corrected chi connectivity index (χ4v) is 1.32. The predicted octanol–water partition coefficient (Wildman–Crippen LogP) is 1.34. The molecule has 0 bridgehead atoms. The van der Waals surface area contributed by atoms with E-state index in [9.17, 15) is 4.79 Å². The summed E-state index contributed by atoms with van der Waals surface area (Å²) in [5.41, 5.74) is 5.59. The molecule has 1 saturated carbocycles. The number of nitrogens with two attached hydrogens (primary N) is 1. The van der Waals surface area contributed by atoms with Crippen LogP contribution >= 0.6 is 0 Å². The molecule has 1 fully saturated rings. The number of hydrogen-bond acceptors (Lipinski definition) is 2. The predicted molar refractivity (Wildman–Crippen MR) is 45.2 cm³/mol. The van der Waals surface area contributed by atoms with Crippen molar-refractivity contribution in [2.24, 2.45) is 17.6 Å². The van der Waals surface area contributed by atoms with E-state index in [1.165, 1.54) is 6.42 Å². The summed E-state index contributed by atoms with van der Waals surface area (Å²) in [5, 5.41) is 0. The van der Waals surface area contributed by atoms with Crippen LogP contribution in [0, 0.1) is 11.8 Å². The van der Waals surface area contributed by atoms with Gasteiger partial charge in [-0.25, -0.2) is 0 Å². The lowest BCUT2D eigenvalue weighted by Crippen LogP contribution is -2.29. The molecule has 2 heteroatoms. The highest BCUT2D eigenvalue weighted by molar-refractivity contribution is 5.84. The first-order valence-corrected chi connectivity index (χ1v) is 4.43. The van der Waals surface area contributed by atoms with Crippen molar-refractivity contribution in [2.45, 2.75) is 39.2 Å². The molecule has 1 aliphatic rings. The van der Waals surface area contributed by atoms with Crippen molar-refractivity contribution in [3.8, 4) is 0 Å². The minimum absolute atomic E-state index is 0.206. The molecule has 0 aliphatic heterocycles. The van der Waals surface area contributed by atoms with Gasteiger partial charge >= 0.3 is 0 Å². The van der Waals surface area contributed by atoms with E-state index < -0.39 is 0 Å². The van der Waals surface area contributed by atoms with Crippen molar-refractivity contribution in [1.29, 1.82) is 0 Å². The highest BCUT2D eigenvalue weighted by Crippen LogP contribution is 2.40. The number of carbonyl (C=O) groups is 1. The molecular weight excluding hydrogens is 138 g/mol. The average Bonchev–Trinajstić information content (AvgIpc) is 2.65. The van der Waals surface area contributed by atoms with Gasteiger partial charge in [0.05, 0.1) is 6.04 Å². The first-order valence-electron chi connectivity index (χ1n) is 4.43. The summed E-state index contributed by atoms with van der Waals surface area (Å²) in [7, 11) is 0. The van der Waals surface area contributed by atoms with E-state index in [1.54, 1.807) is 0 Å². The first kappa shape index (κ1) is 8.72. The van der Waals surface area contributed by atoms with Crippen LogP contribution in [0.5, 0.6) is 0 Å². The summed E-state index contributed by atoms with van der Waals surface area (Å²) in [6, 6.07) is -0.206. The summed E-state index contributed by atoms with van der Waals surface area (Å²) >= 11 is 0. The topological polar surface area (TPSA) is 43.1 Å². The van der Waals surface area contributed by atoms with Crippen LogP contribution in [0.25, 0.3) is 0 Å². The Morgan fingerprint density at radius 2 is 2.27 bits per heavy atom. The van der Waals surface area contributed by atoms with Crippen LogP contribution < -0.4 is 5.73 Å². The SMILES string of the molecule is CCC(N)C(=O)CC1CC1C. The van der Waals surface area contributed by atoms with Gasteiger partial charge in [0.25, 0.3) is 0 Å². The van der Waals surface area contributed by atoms with E-state index in [1.807, 2.05) is 6.92 Å². The van der Waals surface area contributed by atoms with Crippen LogP contribution in [0.2, 0.25) is 0 Å². The van der Waals surface area contributed by atoms with Crippen molar-refractivity contribution in [3.63, 3.8) is 0 Å². The maximum absolute atomic E-state index is 11.2. The van der Waals surface area contributed by atoms with E-state index >= 15 is 0 Å². The van der Waals surface area contributed by atoms with Gasteiger partial charge in [-0.1, -0.05) is 13.8 Å². The molecule has 1 aliphatic carbocycles. The molecule has 0 aromatic carbocycles. The van der Waals surface area contributed by atoms with E-state index in [0.717, 1.165) is 18.8 Å². The summed E-state index contributed by atoms with van der Waals surface area (Å²) in [4.78, 5) is 11.2. The zero-order valence-electron chi connectivity index (χ0n) is 7.34. The molecule has 1 rings (SSSR count). The number of Topliss-reactive ketones (excluding diaryl/α,β-unsaturated/α-hetero) is 1.